The second-order valence-electron chi connectivity index (χ2n) is 7.06. The molecular formula is C20H24N6O. The highest BCUT2D eigenvalue weighted by molar-refractivity contribution is 5.92. The molecule has 140 valence electrons. The van der Waals surface area contributed by atoms with Gasteiger partial charge in [-0.2, -0.15) is 10.2 Å². The second-order valence-corrected chi connectivity index (χ2v) is 7.06. The van der Waals surface area contributed by atoms with E-state index in [9.17, 15) is 4.79 Å². The van der Waals surface area contributed by atoms with Crippen LogP contribution >= 0.6 is 0 Å². The average molecular weight is 364 g/mol. The summed E-state index contributed by atoms with van der Waals surface area (Å²) >= 11 is 0. The Morgan fingerprint density at radius 3 is 2.59 bits per heavy atom. The van der Waals surface area contributed by atoms with Gasteiger partial charge < -0.3 is 5.32 Å². The summed E-state index contributed by atoms with van der Waals surface area (Å²) in [5.74, 6) is 0.184. The van der Waals surface area contributed by atoms with Crippen molar-refractivity contribution in [2.45, 2.75) is 19.4 Å². The molecule has 0 spiro atoms. The van der Waals surface area contributed by atoms with Crippen LogP contribution in [0, 0.1) is 5.92 Å². The smallest absolute Gasteiger partial charge is 0.227 e. The van der Waals surface area contributed by atoms with Crippen molar-refractivity contribution in [1.29, 1.82) is 0 Å². The maximum atomic E-state index is 12.6. The first-order valence-corrected chi connectivity index (χ1v) is 9.28. The Labute approximate surface area is 158 Å². The molecular weight excluding hydrogens is 340 g/mol. The molecule has 0 atom stereocenters. The van der Waals surface area contributed by atoms with Gasteiger partial charge in [0.15, 0.2) is 0 Å². The molecule has 27 heavy (non-hydrogen) atoms. The fraction of sp³-hybridized carbons (Fsp3) is 0.350. The van der Waals surface area contributed by atoms with E-state index in [1.165, 1.54) is 5.56 Å². The molecule has 0 bridgehead atoms. The van der Waals surface area contributed by atoms with Crippen LogP contribution in [0.15, 0.2) is 55.1 Å². The van der Waals surface area contributed by atoms with Crippen molar-refractivity contribution >= 4 is 11.6 Å². The average Bonchev–Trinajstić information content (AvgIpc) is 3.35. The Morgan fingerprint density at radius 2 is 1.96 bits per heavy atom. The van der Waals surface area contributed by atoms with Crippen LogP contribution in [0.2, 0.25) is 0 Å². The maximum Gasteiger partial charge on any atom is 0.227 e. The summed E-state index contributed by atoms with van der Waals surface area (Å²) < 4.78 is 3.62. The number of aryl methyl sites for hydroxylation is 1. The Kier molecular flexibility index (Phi) is 5.02. The SMILES string of the molecule is Cn1cc(CN2CCC(C(=O)Nc3ccc(-n4cccn4)cc3)CC2)cn1. The quantitative estimate of drug-likeness (QED) is 0.755. The van der Waals surface area contributed by atoms with Crippen LogP contribution in [0.25, 0.3) is 5.69 Å². The topological polar surface area (TPSA) is 68.0 Å². The van der Waals surface area contributed by atoms with E-state index in [-0.39, 0.29) is 11.8 Å². The van der Waals surface area contributed by atoms with Gasteiger partial charge in [0.05, 0.1) is 11.9 Å². The van der Waals surface area contributed by atoms with Crippen molar-refractivity contribution < 1.29 is 4.79 Å². The van der Waals surface area contributed by atoms with E-state index >= 15 is 0 Å². The largest absolute Gasteiger partial charge is 0.326 e. The Morgan fingerprint density at radius 1 is 1.19 bits per heavy atom. The molecule has 7 heteroatoms. The van der Waals surface area contributed by atoms with Gasteiger partial charge in [0.1, 0.15) is 0 Å². The van der Waals surface area contributed by atoms with Crippen LogP contribution < -0.4 is 5.32 Å². The van der Waals surface area contributed by atoms with Gasteiger partial charge >= 0.3 is 0 Å². The minimum absolute atomic E-state index is 0.0703. The zero-order valence-corrected chi connectivity index (χ0v) is 15.5. The van der Waals surface area contributed by atoms with Gasteiger partial charge in [-0.3, -0.25) is 14.4 Å². The van der Waals surface area contributed by atoms with E-state index in [0.29, 0.717) is 0 Å². The molecule has 2 aromatic heterocycles. The number of piperidine rings is 1. The molecule has 1 amide bonds. The van der Waals surface area contributed by atoms with Gasteiger partial charge in [-0.1, -0.05) is 0 Å². The number of hydrogen-bond donors (Lipinski definition) is 1. The first-order chi connectivity index (χ1) is 13.2. The van der Waals surface area contributed by atoms with Crippen molar-refractivity contribution in [2.24, 2.45) is 13.0 Å². The number of carbonyl (C=O) groups excluding carboxylic acids is 1. The van der Waals surface area contributed by atoms with E-state index in [4.69, 9.17) is 0 Å². The number of benzene rings is 1. The minimum atomic E-state index is 0.0703. The van der Waals surface area contributed by atoms with Gasteiger partial charge in [0.2, 0.25) is 5.91 Å². The van der Waals surface area contributed by atoms with Gasteiger partial charge in [-0.05, 0) is 56.3 Å². The van der Waals surface area contributed by atoms with Crippen LogP contribution in [0.3, 0.4) is 0 Å². The van der Waals surface area contributed by atoms with Crippen LogP contribution in [-0.2, 0) is 18.4 Å². The van der Waals surface area contributed by atoms with E-state index in [2.05, 4.69) is 20.4 Å². The number of aromatic nitrogens is 4. The summed E-state index contributed by atoms with van der Waals surface area (Å²) in [6.07, 6.45) is 9.37. The summed E-state index contributed by atoms with van der Waals surface area (Å²) in [5, 5.41) is 11.5. The number of amides is 1. The number of likely N-dealkylation sites (tertiary alicyclic amines) is 1. The standard InChI is InChI=1S/C20H24N6O/c1-24-14-16(13-22-24)15-25-11-7-17(8-12-25)20(27)23-18-3-5-19(6-4-18)26-10-2-9-21-26/h2-6,9-10,13-14,17H,7-8,11-12,15H2,1H3,(H,23,27). The van der Waals surface area contributed by atoms with Gasteiger partial charge in [0, 0.05) is 49.4 Å². The van der Waals surface area contributed by atoms with Gasteiger partial charge in [-0.25, -0.2) is 4.68 Å². The monoisotopic (exact) mass is 364 g/mol. The summed E-state index contributed by atoms with van der Waals surface area (Å²) in [7, 11) is 1.93. The molecule has 1 saturated heterocycles. The first-order valence-electron chi connectivity index (χ1n) is 9.28. The molecule has 4 rings (SSSR count). The first kappa shape index (κ1) is 17.5. The Balaban J connectivity index is 1.28. The van der Waals surface area contributed by atoms with E-state index < -0.39 is 0 Å². The van der Waals surface area contributed by atoms with Crippen molar-refractivity contribution in [2.75, 3.05) is 18.4 Å². The molecule has 3 aromatic rings. The highest BCUT2D eigenvalue weighted by Crippen LogP contribution is 2.21. The molecule has 1 fully saturated rings. The number of carbonyl (C=O) groups is 1. The third-order valence-corrected chi connectivity index (χ3v) is 5.03. The fourth-order valence-corrected chi connectivity index (χ4v) is 3.53. The van der Waals surface area contributed by atoms with Crippen molar-refractivity contribution in [3.05, 3.63) is 60.7 Å². The number of anilines is 1. The summed E-state index contributed by atoms with van der Waals surface area (Å²) in [6, 6.07) is 9.65. The number of rotatable bonds is 5. The maximum absolute atomic E-state index is 12.6. The summed E-state index contributed by atoms with van der Waals surface area (Å²) in [4.78, 5) is 15.0. The lowest BCUT2D eigenvalue weighted by Gasteiger charge is -2.30. The van der Waals surface area contributed by atoms with Crippen molar-refractivity contribution in [1.82, 2.24) is 24.5 Å². The minimum Gasteiger partial charge on any atom is -0.326 e. The number of nitrogens with one attached hydrogen (secondary N) is 1. The molecule has 0 unspecified atom stereocenters. The lowest BCUT2D eigenvalue weighted by molar-refractivity contribution is -0.121. The second kappa shape index (κ2) is 7.75. The molecule has 1 N–H and O–H groups in total. The van der Waals surface area contributed by atoms with Crippen LogP contribution in [0.4, 0.5) is 5.69 Å². The van der Waals surface area contributed by atoms with Crippen LogP contribution in [0.5, 0.6) is 0 Å². The summed E-state index contributed by atoms with van der Waals surface area (Å²) in [5.41, 5.74) is 3.02. The Bertz CT molecular complexity index is 876. The predicted molar refractivity (Wildman–Crippen MR) is 103 cm³/mol. The molecule has 1 aliphatic heterocycles. The van der Waals surface area contributed by atoms with Crippen molar-refractivity contribution in [3.8, 4) is 5.69 Å². The summed E-state index contributed by atoms with van der Waals surface area (Å²) in [6.45, 7) is 2.77. The molecule has 0 saturated carbocycles. The zero-order chi connectivity index (χ0) is 18.6. The Hall–Kier alpha value is -2.93. The highest BCUT2D eigenvalue weighted by Gasteiger charge is 2.25. The molecule has 7 nitrogen and oxygen atoms in total. The predicted octanol–water partition coefficient (Wildman–Crippen LogP) is 2.46. The van der Waals surface area contributed by atoms with E-state index in [1.54, 1.807) is 10.9 Å². The molecule has 0 aliphatic carbocycles. The fourth-order valence-electron chi connectivity index (χ4n) is 3.53. The van der Waals surface area contributed by atoms with E-state index in [1.807, 2.05) is 60.7 Å². The number of hydrogen-bond acceptors (Lipinski definition) is 4. The molecule has 1 aromatic carbocycles. The molecule has 1 aliphatic rings. The lowest BCUT2D eigenvalue weighted by Crippen LogP contribution is -2.37. The van der Waals surface area contributed by atoms with E-state index in [0.717, 1.165) is 43.9 Å². The van der Waals surface area contributed by atoms with Gasteiger partial charge in [-0.15, -0.1) is 0 Å². The number of nitrogens with zero attached hydrogens (tertiary/aromatic N) is 5. The van der Waals surface area contributed by atoms with Crippen molar-refractivity contribution in [3.63, 3.8) is 0 Å². The zero-order valence-electron chi connectivity index (χ0n) is 15.5. The third kappa shape index (κ3) is 4.25. The third-order valence-electron chi connectivity index (χ3n) is 5.03. The normalized spacial score (nSPS) is 15.7. The molecule has 3 heterocycles. The van der Waals surface area contributed by atoms with Gasteiger partial charge in [0.25, 0.3) is 0 Å². The molecule has 0 radical (unpaired) electrons. The van der Waals surface area contributed by atoms with Crippen LogP contribution in [0.1, 0.15) is 18.4 Å². The lowest BCUT2D eigenvalue weighted by atomic mass is 9.95. The highest BCUT2D eigenvalue weighted by atomic mass is 16.1. The van der Waals surface area contributed by atoms with Crippen LogP contribution in [-0.4, -0.2) is 43.5 Å².